The van der Waals surface area contributed by atoms with Crippen LogP contribution in [-0.2, 0) is 11.0 Å². The lowest BCUT2D eigenvalue weighted by Gasteiger charge is -2.21. The highest BCUT2D eigenvalue weighted by Crippen LogP contribution is 2.31. The number of hydrogen-bond donors (Lipinski definition) is 1. The highest BCUT2D eigenvalue weighted by atomic mass is 19.4. The van der Waals surface area contributed by atoms with Gasteiger partial charge in [-0.3, -0.25) is 14.2 Å². The van der Waals surface area contributed by atoms with Crippen LogP contribution in [0.1, 0.15) is 35.3 Å². The van der Waals surface area contributed by atoms with E-state index in [1.54, 1.807) is 31.2 Å². The van der Waals surface area contributed by atoms with Gasteiger partial charge in [0.05, 0.1) is 46.0 Å². The lowest BCUT2D eigenvalue weighted by molar-refractivity contribution is -0.137. The number of rotatable bonds is 5. The molecule has 0 aliphatic carbocycles. The van der Waals surface area contributed by atoms with Gasteiger partial charge in [-0.25, -0.2) is 14.0 Å². The zero-order valence-corrected chi connectivity index (χ0v) is 20.4. The minimum Gasteiger partial charge on any atom is -0.368 e. The molecule has 0 saturated carbocycles. The maximum absolute atomic E-state index is 13.8. The average molecular weight is 522 g/mol. The predicted octanol–water partition coefficient (Wildman–Crippen LogP) is 3.41. The lowest BCUT2D eigenvalue weighted by atomic mass is 10.1. The van der Waals surface area contributed by atoms with E-state index in [0.29, 0.717) is 21.4 Å². The molecule has 2 aromatic heterocycles. The number of primary amides is 1. The fourth-order valence-corrected chi connectivity index (χ4v) is 4.20. The second-order valence-corrected chi connectivity index (χ2v) is 8.63. The molecule has 0 saturated heterocycles. The number of halogens is 3. The summed E-state index contributed by atoms with van der Waals surface area (Å²) in [4.78, 5) is 39.4. The van der Waals surface area contributed by atoms with E-state index in [1.165, 1.54) is 30.8 Å². The first kappa shape index (κ1) is 26.2. The Morgan fingerprint density at radius 1 is 1.08 bits per heavy atom. The van der Waals surface area contributed by atoms with Crippen LogP contribution in [0.5, 0.6) is 0 Å². The zero-order valence-electron chi connectivity index (χ0n) is 20.4. The third-order valence-corrected chi connectivity index (χ3v) is 6.19. The van der Waals surface area contributed by atoms with Gasteiger partial charge in [0.2, 0.25) is 5.91 Å². The van der Waals surface area contributed by atoms with Crippen LogP contribution in [0.15, 0.2) is 64.3 Å². The third kappa shape index (κ3) is 4.39. The van der Waals surface area contributed by atoms with Crippen LogP contribution in [0.25, 0.3) is 22.6 Å². The molecule has 0 aliphatic rings. The first-order chi connectivity index (χ1) is 17.9. The van der Waals surface area contributed by atoms with Crippen molar-refractivity contribution in [2.75, 3.05) is 0 Å². The monoisotopic (exact) mass is 522 g/mol. The van der Waals surface area contributed by atoms with Gasteiger partial charge >= 0.3 is 11.9 Å². The summed E-state index contributed by atoms with van der Waals surface area (Å²) in [6.07, 6.45) is -3.20. The molecule has 2 aromatic carbocycles. The molecule has 0 radical (unpaired) electrons. The molecule has 0 unspecified atom stereocenters. The third-order valence-electron chi connectivity index (χ3n) is 6.19. The minimum absolute atomic E-state index is 0.0331. The first-order valence-corrected chi connectivity index (χ1v) is 11.3. The van der Waals surface area contributed by atoms with Gasteiger partial charge in [-0.2, -0.15) is 23.5 Å². The van der Waals surface area contributed by atoms with Crippen molar-refractivity contribution in [2.45, 2.75) is 33.0 Å². The summed E-state index contributed by atoms with van der Waals surface area (Å²) in [6.45, 7) is 4.35. The molecule has 2 heterocycles. The Hall–Kier alpha value is -4.92. The van der Waals surface area contributed by atoms with Crippen LogP contribution < -0.4 is 17.0 Å². The molecular formula is C26H21F3N6O3. The SMILES string of the molecule is Cc1cnn(-c2ccc(C#N)cc2)c1-c1c(C)n(-c2cccc(C(F)(F)F)c2)c(=O)n([C@H](C)C(N)=O)c1=O. The molecule has 4 aromatic rings. The summed E-state index contributed by atoms with van der Waals surface area (Å²) in [5, 5.41) is 13.5. The van der Waals surface area contributed by atoms with Crippen LogP contribution in [0.2, 0.25) is 0 Å². The number of carbonyl (C=O) groups is 1. The van der Waals surface area contributed by atoms with Gasteiger partial charge in [-0.1, -0.05) is 6.07 Å². The van der Waals surface area contributed by atoms with Crippen molar-refractivity contribution in [3.63, 3.8) is 0 Å². The van der Waals surface area contributed by atoms with Crippen molar-refractivity contribution < 1.29 is 18.0 Å². The predicted molar refractivity (Wildman–Crippen MR) is 132 cm³/mol. The quantitative estimate of drug-likeness (QED) is 0.430. The van der Waals surface area contributed by atoms with E-state index in [1.807, 2.05) is 6.07 Å². The molecule has 0 aliphatic heterocycles. The van der Waals surface area contributed by atoms with E-state index in [2.05, 4.69) is 5.10 Å². The van der Waals surface area contributed by atoms with Crippen molar-refractivity contribution in [3.05, 3.63) is 98.0 Å². The van der Waals surface area contributed by atoms with E-state index in [9.17, 15) is 27.6 Å². The van der Waals surface area contributed by atoms with Gasteiger partial charge in [-0.15, -0.1) is 0 Å². The van der Waals surface area contributed by atoms with Crippen molar-refractivity contribution in [2.24, 2.45) is 5.73 Å². The lowest BCUT2D eigenvalue weighted by Crippen LogP contribution is -2.46. The number of carbonyl (C=O) groups excluding carboxylic acids is 1. The molecule has 0 fully saturated rings. The summed E-state index contributed by atoms with van der Waals surface area (Å²) in [7, 11) is 0. The largest absolute Gasteiger partial charge is 0.416 e. The second kappa shape index (κ2) is 9.51. The van der Waals surface area contributed by atoms with Gasteiger partial charge in [0.15, 0.2) is 0 Å². The van der Waals surface area contributed by atoms with Gasteiger partial charge in [0.25, 0.3) is 5.56 Å². The number of alkyl halides is 3. The molecule has 1 amide bonds. The summed E-state index contributed by atoms with van der Waals surface area (Å²) >= 11 is 0. The number of nitriles is 1. The van der Waals surface area contributed by atoms with Crippen LogP contribution in [0.4, 0.5) is 13.2 Å². The van der Waals surface area contributed by atoms with Crippen molar-refractivity contribution in [1.82, 2.24) is 18.9 Å². The molecule has 12 heteroatoms. The Kier molecular flexibility index (Phi) is 6.55. The highest BCUT2D eigenvalue weighted by molar-refractivity contribution is 5.78. The van der Waals surface area contributed by atoms with E-state index in [0.717, 1.165) is 22.8 Å². The van der Waals surface area contributed by atoms with E-state index >= 15 is 0 Å². The van der Waals surface area contributed by atoms with Gasteiger partial charge < -0.3 is 5.73 Å². The number of aryl methyl sites for hydroxylation is 1. The Balaban J connectivity index is 2.12. The summed E-state index contributed by atoms with van der Waals surface area (Å²) in [5.74, 6) is -0.980. The molecule has 4 rings (SSSR count). The van der Waals surface area contributed by atoms with Gasteiger partial charge in [0, 0.05) is 5.69 Å². The highest BCUT2D eigenvalue weighted by Gasteiger charge is 2.32. The number of aromatic nitrogens is 4. The molecule has 0 spiro atoms. The molecule has 38 heavy (non-hydrogen) atoms. The summed E-state index contributed by atoms with van der Waals surface area (Å²) < 4.78 is 43.4. The van der Waals surface area contributed by atoms with Crippen LogP contribution >= 0.6 is 0 Å². The minimum atomic E-state index is -4.68. The number of hydrogen-bond acceptors (Lipinski definition) is 5. The van der Waals surface area contributed by atoms with Crippen molar-refractivity contribution in [3.8, 4) is 28.7 Å². The molecule has 0 bridgehead atoms. The maximum Gasteiger partial charge on any atom is 0.416 e. The Labute approximate surface area is 213 Å². The van der Waals surface area contributed by atoms with Gasteiger partial charge in [-0.05, 0) is 68.8 Å². The molecule has 9 nitrogen and oxygen atoms in total. The molecule has 1 atom stereocenters. The van der Waals surface area contributed by atoms with E-state index in [4.69, 9.17) is 11.0 Å². The molecular weight excluding hydrogens is 501 g/mol. The fraction of sp³-hybridized carbons (Fsp3) is 0.192. The van der Waals surface area contributed by atoms with E-state index < -0.39 is 34.9 Å². The number of nitrogens with zero attached hydrogens (tertiary/aromatic N) is 5. The second-order valence-electron chi connectivity index (χ2n) is 8.63. The van der Waals surface area contributed by atoms with Crippen LogP contribution in [0.3, 0.4) is 0 Å². The summed E-state index contributed by atoms with van der Waals surface area (Å²) in [5.41, 5.74) is 4.00. The first-order valence-electron chi connectivity index (χ1n) is 11.3. The van der Waals surface area contributed by atoms with E-state index in [-0.39, 0.29) is 22.6 Å². The molecule has 194 valence electrons. The number of amides is 1. The van der Waals surface area contributed by atoms with Gasteiger partial charge in [0.1, 0.15) is 6.04 Å². The number of nitrogens with two attached hydrogens (primary N) is 1. The molecule has 2 N–H and O–H groups in total. The smallest absolute Gasteiger partial charge is 0.368 e. The van der Waals surface area contributed by atoms with Crippen molar-refractivity contribution in [1.29, 1.82) is 5.26 Å². The van der Waals surface area contributed by atoms with Crippen LogP contribution in [-0.4, -0.2) is 24.8 Å². The van der Waals surface area contributed by atoms with Crippen molar-refractivity contribution >= 4 is 5.91 Å². The summed E-state index contributed by atoms with van der Waals surface area (Å²) in [6, 6.07) is 11.0. The Morgan fingerprint density at radius 3 is 2.32 bits per heavy atom. The van der Waals surface area contributed by atoms with Crippen LogP contribution in [0, 0.1) is 25.2 Å². The number of benzene rings is 2. The standard InChI is InChI=1S/C26H21F3N6O3/c1-14-13-32-35(19-9-7-17(12-30)8-10-19)22(14)21-15(2)33(20-6-4-5-18(11-20)26(27,28)29)25(38)34(24(21)37)16(3)23(31)36/h4-11,13,16H,1-3H3,(H2,31,36)/t16-/m1/s1. The maximum atomic E-state index is 13.8. The topological polar surface area (TPSA) is 129 Å². The fourth-order valence-electron chi connectivity index (χ4n) is 4.20. The zero-order chi connectivity index (χ0) is 27.9. The Morgan fingerprint density at radius 2 is 1.74 bits per heavy atom. The normalized spacial score (nSPS) is 12.2. The Bertz CT molecular complexity index is 1720. The average Bonchev–Trinajstić information content (AvgIpc) is 3.24.